The average molecular weight is 1010 g/mol. The van der Waals surface area contributed by atoms with Crippen molar-refractivity contribution in [3.63, 3.8) is 0 Å². The normalized spacial score (nSPS) is 27.1. The Morgan fingerprint density at radius 2 is 1.89 bits per heavy atom. The summed E-state index contributed by atoms with van der Waals surface area (Å²) in [5.41, 5.74) is 5.32. The minimum atomic E-state index is -2.26. The molecule has 3 saturated heterocycles. The zero-order chi connectivity index (χ0) is 52.2. The zero-order valence-corrected chi connectivity index (χ0v) is 43.8. The highest BCUT2D eigenvalue weighted by molar-refractivity contribution is 5.95. The molecule has 7 atom stereocenters. The van der Waals surface area contributed by atoms with Crippen molar-refractivity contribution in [2.24, 2.45) is 16.7 Å². The third-order valence-corrected chi connectivity index (χ3v) is 15.4. The number of pyridine rings is 1. The molecule has 6 heterocycles. The molecule has 8 rings (SSSR count). The highest BCUT2D eigenvalue weighted by Crippen LogP contribution is 2.52. The molecule has 73 heavy (non-hydrogen) atoms. The molecule has 1 aliphatic carbocycles. The lowest BCUT2D eigenvalue weighted by atomic mass is 9.82. The Kier molecular flexibility index (Phi) is 16.3. The van der Waals surface area contributed by atoms with Crippen LogP contribution in [-0.2, 0) is 33.4 Å². The number of anilines is 2. The lowest BCUT2D eigenvalue weighted by molar-refractivity contribution is -0.156. The average Bonchev–Trinajstić information content (AvgIpc) is 4.15. The minimum Gasteiger partial charge on any atom is -0.464 e. The number of rotatable bonds is 10. The number of carbonyl (C=O) groups is 5. The summed E-state index contributed by atoms with van der Waals surface area (Å²) >= 11 is 0. The van der Waals surface area contributed by atoms with E-state index in [2.05, 4.69) is 71.0 Å². The number of cyclic esters (lactones) is 1. The Labute approximate surface area is 428 Å². The van der Waals surface area contributed by atoms with Crippen LogP contribution in [0.5, 0.6) is 0 Å². The maximum absolute atomic E-state index is 17.2. The summed E-state index contributed by atoms with van der Waals surface area (Å²) in [5.74, 6) is -2.84. The van der Waals surface area contributed by atoms with Crippen molar-refractivity contribution >= 4 is 52.7 Å². The number of nitrogens with zero attached hydrogens (tertiary/aromatic N) is 7. The van der Waals surface area contributed by atoms with E-state index in [4.69, 9.17) is 19.2 Å². The molecule has 2 unspecified atom stereocenters. The summed E-state index contributed by atoms with van der Waals surface area (Å²) in [7, 11) is 3.11. The molecule has 4 amide bonds. The van der Waals surface area contributed by atoms with Gasteiger partial charge in [-0.3, -0.25) is 33.7 Å². The molecule has 6 bridgehead atoms. The Balaban J connectivity index is 1.08. The van der Waals surface area contributed by atoms with Crippen LogP contribution in [-0.4, -0.2) is 156 Å². The number of aromatic nitrogens is 3. The number of alkyl halides is 1. The van der Waals surface area contributed by atoms with Crippen molar-refractivity contribution in [1.29, 1.82) is 0 Å². The topological polar surface area (TPSA) is 193 Å². The van der Waals surface area contributed by atoms with Gasteiger partial charge in [0.1, 0.15) is 24.5 Å². The number of halogens is 1. The third-order valence-electron chi connectivity index (χ3n) is 15.4. The molecule has 1 saturated carbocycles. The molecule has 18 nitrogen and oxygen atoms in total. The Morgan fingerprint density at radius 3 is 2.63 bits per heavy atom. The number of hydrogen-bond donors (Lipinski definition) is 3. The number of imidazole rings is 1. The number of amides is 4. The van der Waals surface area contributed by atoms with Crippen LogP contribution >= 0.6 is 0 Å². The number of nitrogens with one attached hydrogen (secondary N) is 3. The molecule has 3 aromatic rings. The maximum Gasteiger partial charge on any atom is 0.329 e. The molecule has 1 aromatic carbocycles. The van der Waals surface area contributed by atoms with Gasteiger partial charge in [-0.25, -0.2) is 19.6 Å². The van der Waals surface area contributed by atoms with Crippen LogP contribution in [0, 0.1) is 16.7 Å². The first-order chi connectivity index (χ1) is 34.8. The Hall–Kier alpha value is -5.92. The van der Waals surface area contributed by atoms with Crippen molar-refractivity contribution in [2.45, 2.75) is 129 Å². The van der Waals surface area contributed by atoms with Crippen molar-refractivity contribution in [3.05, 3.63) is 72.1 Å². The van der Waals surface area contributed by atoms with Gasteiger partial charge in [-0.05, 0) is 112 Å². The number of likely N-dealkylation sites (N-methyl/N-ethyl adjacent to an activating group) is 1. The van der Waals surface area contributed by atoms with Gasteiger partial charge in [0.25, 0.3) is 11.8 Å². The SMILES string of the molecule is CCNc1ccc2cc1/C(=C/c1cccnc1[C@H](C)OC)CC(C)(C)COC(=O)[C@@H]1CCCN(N1)C(=O)[C@@H](NC(=O)[C@H](C(C)C)N(C)C(=O)C1(F)CCC3(CCN(C(=O)n4ccnc4)C3)C1)C[C@H]1CN2CCO1. The first kappa shape index (κ1) is 53.4. The monoisotopic (exact) mass is 1010 g/mol. The lowest BCUT2D eigenvalue weighted by Gasteiger charge is -2.40. The van der Waals surface area contributed by atoms with Gasteiger partial charge in [0, 0.05) is 101 Å². The summed E-state index contributed by atoms with van der Waals surface area (Å²) in [4.78, 5) is 84.9. The summed E-state index contributed by atoms with van der Waals surface area (Å²) in [6.45, 7) is 14.8. The van der Waals surface area contributed by atoms with Gasteiger partial charge >= 0.3 is 12.0 Å². The molecule has 4 fully saturated rings. The number of ether oxygens (including phenoxy) is 3. The second-order valence-corrected chi connectivity index (χ2v) is 22.0. The number of hydrazine groups is 1. The number of esters is 1. The fraction of sp³-hybridized carbons (Fsp3) is 0.611. The second-order valence-electron chi connectivity index (χ2n) is 22.0. The number of methoxy groups -OCH3 is 1. The predicted molar refractivity (Wildman–Crippen MR) is 275 cm³/mol. The van der Waals surface area contributed by atoms with Crippen molar-refractivity contribution in [3.8, 4) is 0 Å². The predicted octanol–water partition coefficient (Wildman–Crippen LogP) is 6.24. The van der Waals surface area contributed by atoms with E-state index >= 15 is 4.39 Å². The molecule has 396 valence electrons. The van der Waals surface area contributed by atoms with Crippen molar-refractivity contribution < 1.29 is 42.6 Å². The van der Waals surface area contributed by atoms with Crippen molar-refractivity contribution in [1.82, 2.24) is 40.1 Å². The van der Waals surface area contributed by atoms with Gasteiger partial charge in [0.15, 0.2) is 5.67 Å². The molecule has 4 aliphatic heterocycles. The largest absolute Gasteiger partial charge is 0.464 e. The third kappa shape index (κ3) is 11.9. The van der Waals surface area contributed by atoms with E-state index in [1.54, 1.807) is 38.3 Å². The Morgan fingerprint density at radius 1 is 1.08 bits per heavy atom. The van der Waals surface area contributed by atoms with E-state index in [9.17, 15) is 24.0 Å². The van der Waals surface area contributed by atoms with Crippen LogP contribution < -0.4 is 21.0 Å². The number of benzene rings is 1. The quantitative estimate of drug-likeness (QED) is 0.194. The molecule has 19 heteroatoms. The molecule has 3 N–H and O–H groups in total. The number of fused-ring (bicyclic) bond motifs is 7. The van der Waals surface area contributed by atoms with Gasteiger partial charge in [-0.15, -0.1) is 0 Å². The first-order valence-electron chi connectivity index (χ1n) is 26.0. The van der Waals surface area contributed by atoms with Crippen LogP contribution in [0.1, 0.15) is 116 Å². The summed E-state index contributed by atoms with van der Waals surface area (Å²) in [6, 6.07) is 6.90. The van der Waals surface area contributed by atoms with Crippen LogP contribution in [0.15, 0.2) is 55.2 Å². The Bertz CT molecular complexity index is 2520. The number of carbonyl (C=O) groups excluding carboxylic acids is 5. The number of allylic oxidation sites excluding steroid dienone is 1. The molecular weight excluding hydrogens is 936 g/mol. The molecule has 0 radical (unpaired) electrons. The molecule has 2 aromatic heterocycles. The summed E-state index contributed by atoms with van der Waals surface area (Å²) in [6.07, 6.45) is 10.1. The van der Waals surface area contributed by atoms with Crippen LogP contribution in [0.3, 0.4) is 0 Å². The summed E-state index contributed by atoms with van der Waals surface area (Å²) in [5, 5.41) is 7.97. The van der Waals surface area contributed by atoms with E-state index in [0.717, 1.165) is 33.8 Å². The fourth-order valence-corrected chi connectivity index (χ4v) is 11.6. The fourth-order valence-electron chi connectivity index (χ4n) is 11.6. The standard InChI is InChI=1S/C54H75FN10O8/c1-9-57-42-15-14-39-27-41(42)38(26-37-12-10-19-58-45(37)36(4)71-8)29-52(5,6)33-73-49(68)43-13-11-21-65(60-43)48(67)44(28-40-30-62(39)24-25-72-40)59-47(66)46(35(2)3)61(7)50(69)54(55)17-16-53(31-54)18-22-63(32-53)51(70)64-23-20-56-34-64/h10,12,14-15,19-20,23,26-27,34-36,40,43-44,46,57,60H,9,11,13,16-18,21-22,24-25,28-33H2,1-8H3,(H,59,66)/b38-26+/t36-,40-,43-,44-,46-,53?,54?/m0/s1. The van der Waals surface area contributed by atoms with E-state index in [1.807, 2.05) is 19.1 Å². The van der Waals surface area contributed by atoms with E-state index in [-0.39, 0.29) is 44.5 Å². The van der Waals surface area contributed by atoms with E-state index in [0.29, 0.717) is 71.4 Å². The van der Waals surface area contributed by atoms with Crippen LogP contribution in [0.2, 0.25) is 0 Å². The lowest BCUT2D eigenvalue weighted by Crippen LogP contribution is -2.63. The molecule has 1 spiro atoms. The first-order valence-corrected chi connectivity index (χ1v) is 26.0. The number of hydrogen-bond acceptors (Lipinski definition) is 13. The highest BCUT2D eigenvalue weighted by Gasteiger charge is 2.57. The van der Waals surface area contributed by atoms with Gasteiger partial charge in [-0.1, -0.05) is 33.8 Å². The van der Waals surface area contributed by atoms with Gasteiger partial charge in [0.05, 0.1) is 31.1 Å². The maximum atomic E-state index is 17.2. The number of morpholine rings is 1. The highest BCUT2D eigenvalue weighted by atomic mass is 19.1. The van der Waals surface area contributed by atoms with Gasteiger partial charge < -0.3 is 39.5 Å². The van der Waals surface area contributed by atoms with Gasteiger partial charge in [-0.2, -0.15) is 0 Å². The second kappa shape index (κ2) is 22.3. The smallest absolute Gasteiger partial charge is 0.329 e. The molecular formula is C54H75FN10O8. The van der Waals surface area contributed by atoms with Crippen LogP contribution in [0.25, 0.3) is 11.6 Å². The zero-order valence-electron chi connectivity index (χ0n) is 43.8. The van der Waals surface area contributed by atoms with E-state index in [1.165, 1.54) is 34.0 Å². The van der Waals surface area contributed by atoms with Crippen LogP contribution in [0.4, 0.5) is 20.6 Å². The van der Waals surface area contributed by atoms with Crippen molar-refractivity contribution in [2.75, 3.05) is 76.9 Å². The molecule has 5 aliphatic rings. The van der Waals surface area contributed by atoms with E-state index < -0.39 is 70.3 Å². The minimum absolute atomic E-state index is 0.0376. The van der Waals surface area contributed by atoms with Gasteiger partial charge in [0.2, 0.25) is 5.91 Å². The summed E-state index contributed by atoms with van der Waals surface area (Å²) < 4.78 is 36.8. The number of likely N-dealkylation sites (tertiary alicyclic amines) is 1.